The van der Waals surface area contributed by atoms with Crippen molar-refractivity contribution in [3.63, 3.8) is 0 Å². The van der Waals surface area contributed by atoms with Crippen LogP contribution >= 0.6 is 11.3 Å². The first kappa shape index (κ1) is 16.7. The van der Waals surface area contributed by atoms with Gasteiger partial charge >= 0.3 is 0 Å². The smallest absolute Gasteiger partial charge is 0.248 e. The second-order valence-corrected chi connectivity index (χ2v) is 9.07. The summed E-state index contributed by atoms with van der Waals surface area (Å²) in [6.07, 6.45) is 2.74. The number of hydrogen-bond donors (Lipinski definition) is 0. The molecule has 0 aromatic carbocycles. The van der Waals surface area contributed by atoms with E-state index < -0.39 is 10.0 Å². The topological polar surface area (TPSA) is 96.6 Å². The van der Waals surface area contributed by atoms with E-state index in [4.69, 9.17) is 4.52 Å². The Morgan fingerprint density at radius 1 is 1.36 bits per heavy atom. The highest BCUT2D eigenvalue weighted by atomic mass is 32.2. The summed E-state index contributed by atoms with van der Waals surface area (Å²) >= 11 is 1.49. The minimum Gasteiger partial charge on any atom is -0.360 e. The Hall–Kier alpha value is -1.78. The molecule has 0 radical (unpaired) electrons. The van der Waals surface area contributed by atoms with Crippen LogP contribution < -0.4 is 0 Å². The summed E-state index contributed by atoms with van der Waals surface area (Å²) in [5.74, 6) is -0.0291. The molecule has 8 nitrogen and oxygen atoms in total. The van der Waals surface area contributed by atoms with Gasteiger partial charge in [0.1, 0.15) is 4.90 Å². The molecule has 2 atom stereocenters. The van der Waals surface area contributed by atoms with Crippen molar-refractivity contribution >= 4 is 27.3 Å². The quantitative estimate of drug-likeness (QED) is 0.790. The molecule has 0 spiro atoms. The van der Waals surface area contributed by atoms with Gasteiger partial charge in [-0.15, -0.1) is 11.3 Å². The molecule has 3 fully saturated rings. The number of aryl methyl sites for hydroxylation is 1. The number of sulfonamides is 1. The lowest BCUT2D eigenvalue weighted by Crippen LogP contribution is -2.47. The number of rotatable bonds is 4. The number of aromatic nitrogens is 2. The van der Waals surface area contributed by atoms with Crippen molar-refractivity contribution in [2.75, 3.05) is 13.1 Å². The fraction of sp³-hybridized carbons (Fsp3) is 0.533. The Balaban J connectivity index is 1.63. The van der Waals surface area contributed by atoms with Gasteiger partial charge < -0.3 is 9.42 Å². The van der Waals surface area contributed by atoms with Crippen LogP contribution in [0, 0.1) is 12.8 Å². The molecule has 5 rings (SSSR count). The Morgan fingerprint density at radius 2 is 2.20 bits per heavy atom. The van der Waals surface area contributed by atoms with Gasteiger partial charge in [0.05, 0.1) is 29.9 Å². The van der Waals surface area contributed by atoms with E-state index in [9.17, 15) is 13.2 Å². The molecular weight excluding hydrogens is 364 g/mol. The first-order valence-electron chi connectivity index (χ1n) is 8.06. The standard InChI is InChI=1S/C15H18N4O4S2/c1-10-14(4-17-23-10)25(21,22)18-5-11-2-3-13(7-18)19(15(11)20)6-12-8-24-9-16-12/h4,8-9,11,13H,2-3,5-7H2,1H3/t11-,13+/m0/s1. The lowest BCUT2D eigenvalue weighted by atomic mass is 9.94. The zero-order chi connectivity index (χ0) is 17.6. The Labute approximate surface area is 149 Å². The van der Waals surface area contributed by atoms with Crippen LogP contribution in [-0.4, -0.2) is 52.8 Å². The molecule has 3 aliphatic rings. The molecule has 3 saturated heterocycles. The van der Waals surface area contributed by atoms with Crippen molar-refractivity contribution in [3.05, 3.63) is 28.5 Å². The Morgan fingerprint density at radius 3 is 2.88 bits per heavy atom. The second kappa shape index (κ2) is 6.19. The van der Waals surface area contributed by atoms with Gasteiger partial charge in [0.2, 0.25) is 15.9 Å². The maximum absolute atomic E-state index is 13.0. The van der Waals surface area contributed by atoms with E-state index in [0.29, 0.717) is 19.5 Å². The van der Waals surface area contributed by atoms with Gasteiger partial charge in [0.25, 0.3) is 0 Å². The molecular formula is C15H18N4O4S2. The van der Waals surface area contributed by atoms with Crippen LogP contribution in [0.5, 0.6) is 0 Å². The van der Waals surface area contributed by atoms with E-state index in [-0.39, 0.29) is 35.1 Å². The molecule has 10 heteroatoms. The van der Waals surface area contributed by atoms with Crippen LogP contribution in [-0.2, 0) is 21.4 Å². The third-order valence-electron chi connectivity index (χ3n) is 4.90. The van der Waals surface area contributed by atoms with Crippen molar-refractivity contribution in [1.82, 2.24) is 19.3 Å². The second-order valence-electron chi connectivity index (χ2n) is 6.44. The zero-order valence-corrected chi connectivity index (χ0v) is 15.3. The molecule has 0 aliphatic carbocycles. The summed E-state index contributed by atoms with van der Waals surface area (Å²) in [6, 6.07) is -0.136. The van der Waals surface area contributed by atoms with Crippen LogP contribution in [0.25, 0.3) is 0 Å². The number of fused-ring (bicyclic) bond motifs is 4. The number of amides is 1. The summed E-state index contributed by atoms with van der Waals surface area (Å²) < 4.78 is 32.2. The fourth-order valence-electron chi connectivity index (χ4n) is 3.57. The summed E-state index contributed by atoms with van der Waals surface area (Å²) in [5.41, 5.74) is 2.58. The van der Waals surface area contributed by atoms with Crippen LogP contribution in [0.3, 0.4) is 0 Å². The monoisotopic (exact) mass is 382 g/mol. The average molecular weight is 382 g/mol. The molecule has 25 heavy (non-hydrogen) atoms. The third-order valence-corrected chi connectivity index (χ3v) is 7.46. The van der Waals surface area contributed by atoms with E-state index in [1.165, 1.54) is 21.8 Å². The first-order chi connectivity index (χ1) is 12.0. The van der Waals surface area contributed by atoms with Gasteiger partial charge in [-0.05, 0) is 19.8 Å². The lowest BCUT2D eigenvalue weighted by molar-refractivity contribution is -0.140. The molecule has 3 aliphatic heterocycles. The lowest BCUT2D eigenvalue weighted by Gasteiger charge is -2.35. The van der Waals surface area contributed by atoms with E-state index in [1.54, 1.807) is 17.3 Å². The van der Waals surface area contributed by atoms with E-state index in [0.717, 1.165) is 12.1 Å². The highest BCUT2D eigenvalue weighted by Gasteiger charge is 2.44. The number of piperidine rings is 1. The molecule has 2 aromatic heterocycles. The number of thiazole rings is 1. The number of hydrogen-bond acceptors (Lipinski definition) is 7. The largest absolute Gasteiger partial charge is 0.360 e. The van der Waals surface area contributed by atoms with Gasteiger partial charge in [0, 0.05) is 24.5 Å². The molecule has 2 aromatic rings. The van der Waals surface area contributed by atoms with E-state index >= 15 is 0 Å². The fourth-order valence-corrected chi connectivity index (χ4v) is 5.72. The van der Waals surface area contributed by atoms with Gasteiger partial charge in [-0.1, -0.05) is 5.16 Å². The van der Waals surface area contributed by atoms with Crippen molar-refractivity contribution < 1.29 is 17.7 Å². The van der Waals surface area contributed by atoms with Gasteiger partial charge in [-0.25, -0.2) is 13.4 Å². The van der Waals surface area contributed by atoms with E-state index in [1.807, 2.05) is 5.38 Å². The molecule has 0 unspecified atom stereocenters. The predicted octanol–water partition coefficient (Wildman–Crippen LogP) is 1.25. The Kier molecular flexibility index (Phi) is 4.13. The summed E-state index contributed by atoms with van der Waals surface area (Å²) in [7, 11) is -3.72. The average Bonchev–Trinajstić information content (AvgIpc) is 3.16. The number of nitrogens with zero attached hydrogens (tertiary/aromatic N) is 4. The van der Waals surface area contributed by atoms with Gasteiger partial charge in [-0.3, -0.25) is 4.79 Å². The van der Waals surface area contributed by atoms with Gasteiger partial charge in [0.15, 0.2) is 5.76 Å². The van der Waals surface area contributed by atoms with Crippen molar-refractivity contribution in [1.29, 1.82) is 0 Å². The molecule has 5 heterocycles. The highest BCUT2D eigenvalue weighted by Crippen LogP contribution is 2.33. The maximum Gasteiger partial charge on any atom is 0.248 e. The van der Waals surface area contributed by atoms with Crippen molar-refractivity contribution in [2.45, 2.75) is 37.2 Å². The molecule has 2 bridgehead atoms. The highest BCUT2D eigenvalue weighted by molar-refractivity contribution is 7.89. The number of carbonyl (C=O) groups excluding carboxylic acids is 1. The van der Waals surface area contributed by atoms with Crippen molar-refractivity contribution in [3.8, 4) is 0 Å². The first-order valence-corrected chi connectivity index (χ1v) is 10.4. The molecule has 134 valence electrons. The van der Waals surface area contributed by atoms with Crippen molar-refractivity contribution in [2.24, 2.45) is 5.92 Å². The summed E-state index contributed by atoms with van der Waals surface area (Å²) in [5, 5.41) is 5.49. The Bertz CT molecular complexity index is 877. The SMILES string of the molecule is Cc1oncc1S(=O)(=O)N1C[C@@H]2CC[C@H](C1)N(Cc1cscn1)C2=O. The maximum atomic E-state index is 13.0. The van der Waals surface area contributed by atoms with Crippen LogP contribution in [0.1, 0.15) is 24.3 Å². The molecule has 1 amide bonds. The van der Waals surface area contributed by atoms with Crippen LogP contribution in [0.2, 0.25) is 0 Å². The minimum atomic E-state index is -3.72. The summed E-state index contributed by atoms with van der Waals surface area (Å²) in [6.45, 7) is 2.50. The molecule has 0 N–H and O–H groups in total. The normalized spacial score (nSPS) is 24.7. The predicted molar refractivity (Wildman–Crippen MR) is 89.2 cm³/mol. The third kappa shape index (κ3) is 2.87. The number of carbonyl (C=O) groups is 1. The van der Waals surface area contributed by atoms with E-state index in [2.05, 4.69) is 10.1 Å². The summed E-state index contributed by atoms with van der Waals surface area (Å²) in [4.78, 5) is 18.9. The zero-order valence-electron chi connectivity index (χ0n) is 13.7. The van der Waals surface area contributed by atoms with Crippen LogP contribution in [0.15, 0.2) is 26.5 Å². The molecule has 0 saturated carbocycles. The van der Waals surface area contributed by atoms with Gasteiger partial charge in [-0.2, -0.15) is 4.31 Å². The van der Waals surface area contributed by atoms with Crippen LogP contribution in [0.4, 0.5) is 0 Å². The minimum absolute atomic E-state index is 0.0176.